The molecule has 0 spiro atoms. The third kappa shape index (κ3) is 4.50. The first-order chi connectivity index (χ1) is 15.5. The normalized spacial score (nSPS) is 17.4. The van der Waals surface area contributed by atoms with Crippen LogP contribution in [0.2, 0.25) is 0 Å². The van der Waals surface area contributed by atoms with Gasteiger partial charge >= 0.3 is 6.09 Å². The summed E-state index contributed by atoms with van der Waals surface area (Å²) >= 11 is 0. The average Bonchev–Trinajstić information content (AvgIpc) is 3.18. The number of hydrogen-bond donors (Lipinski definition) is 0. The first-order valence-electron chi connectivity index (χ1n) is 10.7. The van der Waals surface area contributed by atoms with Gasteiger partial charge in [0, 0.05) is 25.7 Å². The van der Waals surface area contributed by atoms with E-state index in [1.54, 1.807) is 29.2 Å². The largest absolute Gasteiger partial charge is 0.444 e. The third-order valence-electron chi connectivity index (χ3n) is 5.42. The van der Waals surface area contributed by atoms with Gasteiger partial charge in [0.15, 0.2) is 5.65 Å². The number of piperazine rings is 1. The van der Waals surface area contributed by atoms with Gasteiger partial charge in [-0.2, -0.15) is 13.5 Å². The number of rotatable bonds is 3. The number of nitrogens with zero attached hydrogens (tertiary/aromatic N) is 6. The van der Waals surface area contributed by atoms with Crippen LogP contribution >= 0.6 is 0 Å². The van der Waals surface area contributed by atoms with E-state index >= 15 is 0 Å². The lowest BCUT2D eigenvalue weighted by atomic mass is 10.2. The number of aryl methyl sites for hydroxylation is 1. The number of fused-ring (bicyclic) bond motifs is 1. The maximum atomic E-state index is 13.2. The van der Waals surface area contributed by atoms with E-state index in [0.717, 1.165) is 9.65 Å². The van der Waals surface area contributed by atoms with Gasteiger partial charge in [-0.3, -0.25) is 0 Å². The molecule has 176 valence electrons. The van der Waals surface area contributed by atoms with Gasteiger partial charge in [0.1, 0.15) is 17.7 Å². The van der Waals surface area contributed by atoms with Crippen LogP contribution < -0.4 is 4.90 Å². The Morgan fingerprint density at radius 3 is 2.45 bits per heavy atom. The highest BCUT2D eigenvalue weighted by atomic mass is 32.2. The zero-order valence-corrected chi connectivity index (χ0v) is 20.2. The van der Waals surface area contributed by atoms with E-state index in [9.17, 15) is 13.2 Å². The quantitative estimate of drug-likeness (QED) is 0.572. The maximum Gasteiger partial charge on any atom is 0.410 e. The Kier molecular flexibility index (Phi) is 5.77. The van der Waals surface area contributed by atoms with Crippen molar-refractivity contribution in [1.29, 1.82) is 0 Å². The van der Waals surface area contributed by atoms with Crippen LogP contribution in [0.25, 0.3) is 11.0 Å². The van der Waals surface area contributed by atoms with Gasteiger partial charge < -0.3 is 14.5 Å². The number of carbonyl (C=O) groups excluding carboxylic acids is 1. The van der Waals surface area contributed by atoms with Crippen LogP contribution in [0.1, 0.15) is 33.3 Å². The van der Waals surface area contributed by atoms with Gasteiger partial charge in [-0.05, 0) is 46.8 Å². The molecule has 4 rings (SSSR count). The molecule has 0 bridgehead atoms. The molecule has 3 heterocycles. The molecule has 1 aromatic carbocycles. The first kappa shape index (κ1) is 23.0. The second-order valence-electron chi connectivity index (χ2n) is 9.21. The molecule has 0 aliphatic carbocycles. The third-order valence-corrected chi connectivity index (χ3v) is 7.01. The summed E-state index contributed by atoms with van der Waals surface area (Å²) in [7, 11) is -3.91. The van der Waals surface area contributed by atoms with Crippen LogP contribution in [-0.2, 0) is 14.8 Å². The predicted octanol–water partition coefficient (Wildman–Crippen LogP) is 2.82. The van der Waals surface area contributed by atoms with Crippen molar-refractivity contribution in [1.82, 2.24) is 24.1 Å². The van der Waals surface area contributed by atoms with Crippen LogP contribution in [-0.4, -0.2) is 69.8 Å². The van der Waals surface area contributed by atoms with Gasteiger partial charge in [0.05, 0.1) is 16.5 Å². The van der Waals surface area contributed by atoms with Crippen molar-refractivity contribution in [3.63, 3.8) is 0 Å². The minimum atomic E-state index is -3.91. The Morgan fingerprint density at radius 1 is 1.12 bits per heavy atom. The maximum absolute atomic E-state index is 13.2. The van der Waals surface area contributed by atoms with E-state index in [4.69, 9.17) is 4.74 Å². The molecule has 1 fully saturated rings. The highest BCUT2D eigenvalue weighted by Crippen LogP contribution is 2.27. The molecule has 1 saturated heterocycles. The van der Waals surface area contributed by atoms with E-state index in [0.29, 0.717) is 30.8 Å². The van der Waals surface area contributed by atoms with Crippen LogP contribution in [0, 0.1) is 6.92 Å². The zero-order chi connectivity index (χ0) is 24.0. The lowest BCUT2D eigenvalue weighted by molar-refractivity contribution is 0.0158. The molecule has 1 amide bonds. The predicted molar refractivity (Wildman–Crippen MR) is 124 cm³/mol. The molecule has 10 nitrogen and oxygen atoms in total. The van der Waals surface area contributed by atoms with Crippen LogP contribution in [0.15, 0.2) is 41.7 Å². The minimum absolute atomic E-state index is 0.120. The fourth-order valence-corrected chi connectivity index (χ4v) is 5.01. The number of carbonyl (C=O) groups is 1. The number of amides is 1. The lowest BCUT2D eigenvalue weighted by Crippen LogP contribution is -2.55. The highest BCUT2D eigenvalue weighted by Gasteiger charge is 2.32. The van der Waals surface area contributed by atoms with Gasteiger partial charge in [-0.25, -0.2) is 14.8 Å². The van der Waals surface area contributed by atoms with Crippen molar-refractivity contribution in [2.75, 3.05) is 24.5 Å². The number of benzene rings is 1. The van der Waals surface area contributed by atoms with E-state index in [-0.39, 0.29) is 22.7 Å². The second-order valence-corrected chi connectivity index (χ2v) is 11.0. The molecule has 0 saturated carbocycles. The Morgan fingerprint density at radius 2 is 1.82 bits per heavy atom. The Balaban J connectivity index is 1.62. The molecular formula is C22H28N6O4S. The highest BCUT2D eigenvalue weighted by molar-refractivity contribution is 7.90. The number of ether oxygens (including phenoxy) is 1. The second kappa shape index (κ2) is 8.29. The van der Waals surface area contributed by atoms with E-state index in [1.807, 2.05) is 39.5 Å². The molecule has 0 N–H and O–H groups in total. The Hall–Kier alpha value is -3.21. The van der Waals surface area contributed by atoms with Crippen LogP contribution in [0.4, 0.5) is 10.6 Å². The molecular weight excluding hydrogens is 444 g/mol. The number of hydrogen-bond acceptors (Lipinski definition) is 8. The molecule has 11 heteroatoms. The first-order valence-corrected chi connectivity index (χ1v) is 12.2. The van der Waals surface area contributed by atoms with Gasteiger partial charge in [0.2, 0.25) is 0 Å². The lowest BCUT2D eigenvalue weighted by Gasteiger charge is -2.40. The van der Waals surface area contributed by atoms with Crippen molar-refractivity contribution >= 4 is 33.0 Å². The van der Waals surface area contributed by atoms with Crippen molar-refractivity contribution in [3.8, 4) is 0 Å². The average molecular weight is 473 g/mol. The summed E-state index contributed by atoms with van der Waals surface area (Å²) in [6.07, 6.45) is 2.46. The molecule has 1 aliphatic rings. The fourth-order valence-electron chi connectivity index (χ4n) is 3.79. The zero-order valence-electron chi connectivity index (χ0n) is 19.4. The smallest absolute Gasteiger partial charge is 0.410 e. The van der Waals surface area contributed by atoms with Crippen LogP contribution in [0.5, 0.6) is 0 Å². The summed E-state index contributed by atoms with van der Waals surface area (Å²) in [4.78, 5) is 25.0. The fraction of sp³-hybridized carbons (Fsp3) is 0.455. The SMILES string of the molecule is Cc1ccc(S(=O)(=O)n2ncc3c(N4CCN(C(=O)OC(C)(C)C)C(C)C4)ncnc32)cc1. The summed E-state index contributed by atoms with van der Waals surface area (Å²) in [5, 5.41) is 4.67. The van der Waals surface area contributed by atoms with E-state index in [1.165, 1.54) is 12.5 Å². The topological polar surface area (TPSA) is 111 Å². The van der Waals surface area contributed by atoms with Crippen molar-refractivity contribution in [2.24, 2.45) is 0 Å². The van der Waals surface area contributed by atoms with E-state index < -0.39 is 15.6 Å². The van der Waals surface area contributed by atoms with E-state index in [2.05, 4.69) is 15.1 Å². The van der Waals surface area contributed by atoms with Gasteiger partial charge in [-0.15, -0.1) is 4.09 Å². The summed E-state index contributed by atoms with van der Waals surface area (Å²) in [5.74, 6) is 0.584. The van der Waals surface area contributed by atoms with Crippen molar-refractivity contribution in [2.45, 2.75) is 51.2 Å². The summed E-state index contributed by atoms with van der Waals surface area (Å²) in [6.45, 7) is 10.8. The molecule has 0 radical (unpaired) electrons. The Labute approximate surface area is 193 Å². The minimum Gasteiger partial charge on any atom is -0.444 e. The van der Waals surface area contributed by atoms with Crippen molar-refractivity contribution < 1.29 is 17.9 Å². The van der Waals surface area contributed by atoms with Crippen LogP contribution in [0.3, 0.4) is 0 Å². The molecule has 33 heavy (non-hydrogen) atoms. The molecule has 3 aromatic rings. The summed E-state index contributed by atoms with van der Waals surface area (Å²) in [5.41, 5.74) is 0.607. The monoisotopic (exact) mass is 472 g/mol. The summed E-state index contributed by atoms with van der Waals surface area (Å²) in [6, 6.07) is 6.47. The standard InChI is InChI=1S/C22H28N6O4S/c1-15-6-8-17(9-7-15)33(30,31)28-20-18(12-25-28)19(23-14-24-20)26-10-11-27(16(2)13-26)21(29)32-22(3,4)5/h6-9,12,14,16H,10-11,13H2,1-5H3. The van der Waals surface area contributed by atoms with Gasteiger partial charge in [-0.1, -0.05) is 17.7 Å². The summed E-state index contributed by atoms with van der Waals surface area (Å²) < 4.78 is 32.8. The number of anilines is 1. The molecule has 1 unspecified atom stereocenters. The molecule has 2 aromatic heterocycles. The number of aromatic nitrogens is 4. The Bertz CT molecular complexity index is 1280. The molecule has 1 aliphatic heterocycles. The molecule has 1 atom stereocenters. The van der Waals surface area contributed by atoms with Crippen molar-refractivity contribution in [3.05, 3.63) is 42.4 Å². The van der Waals surface area contributed by atoms with Gasteiger partial charge in [0.25, 0.3) is 10.0 Å².